The third-order valence-corrected chi connectivity index (χ3v) is 2.51. The van der Waals surface area contributed by atoms with E-state index in [9.17, 15) is 0 Å². The standard InChI is InChI=1S/C9H14N2O/c1-3-7-10-8(12-11-7)6-9(2)4-5-9/h3-6H2,1-2H3. The molecule has 12 heavy (non-hydrogen) atoms. The van der Waals surface area contributed by atoms with Crippen LogP contribution in [-0.2, 0) is 12.8 Å². The van der Waals surface area contributed by atoms with E-state index in [1.165, 1.54) is 12.8 Å². The van der Waals surface area contributed by atoms with Crippen LogP contribution in [0.5, 0.6) is 0 Å². The van der Waals surface area contributed by atoms with Crippen LogP contribution in [0.15, 0.2) is 4.52 Å². The van der Waals surface area contributed by atoms with Gasteiger partial charge in [-0.3, -0.25) is 0 Å². The van der Waals surface area contributed by atoms with Gasteiger partial charge in [0.05, 0.1) is 0 Å². The Morgan fingerprint density at radius 2 is 2.25 bits per heavy atom. The Kier molecular flexibility index (Phi) is 1.67. The summed E-state index contributed by atoms with van der Waals surface area (Å²) in [4.78, 5) is 4.28. The normalized spacial score (nSPS) is 19.5. The summed E-state index contributed by atoms with van der Waals surface area (Å²) in [6, 6.07) is 0. The van der Waals surface area contributed by atoms with Gasteiger partial charge < -0.3 is 4.52 Å². The van der Waals surface area contributed by atoms with Gasteiger partial charge in [-0.05, 0) is 18.3 Å². The molecule has 0 atom stereocenters. The van der Waals surface area contributed by atoms with Crippen LogP contribution < -0.4 is 0 Å². The summed E-state index contributed by atoms with van der Waals surface area (Å²) < 4.78 is 5.11. The Morgan fingerprint density at radius 1 is 1.50 bits per heavy atom. The van der Waals surface area contributed by atoms with Crippen molar-refractivity contribution < 1.29 is 4.52 Å². The van der Waals surface area contributed by atoms with E-state index < -0.39 is 0 Å². The summed E-state index contributed by atoms with van der Waals surface area (Å²) in [5, 5.41) is 3.86. The molecule has 0 N–H and O–H groups in total. The maximum atomic E-state index is 5.11. The highest BCUT2D eigenvalue weighted by atomic mass is 16.5. The van der Waals surface area contributed by atoms with Crippen LogP contribution in [-0.4, -0.2) is 10.1 Å². The van der Waals surface area contributed by atoms with Crippen molar-refractivity contribution in [2.75, 3.05) is 0 Å². The maximum absolute atomic E-state index is 5.11. The minimum absolute atomic E-state index is 0.470. The topological polar surface area (TPSA) is 38.9 Å². The highest BCUT2D eigenvalue weighted by molar-refractivity contribution is 4.97. The molecule has 0 aromatic carbocycles. The second kappa shape index (κ2) is 2.57. The Balaban J connectivity index is 2.03. The Bertz CT molecular complexity index is 276. The molecule has 0 bridgehead atoms. The highest BCUT2D eigenvalue weighted by Gasteiger charge is 2.38. The second-order valence-electron chi connectivity index (χ2n) is 3.95. The molecule has 66 valence electrons. The zero-order valence-corrected chi connectivity index (χ0v) is 7.63. The first-order valence-corrected chi connectivity index (χ1v) is 4.53. The molecule has 1 aromatic heterocycles. The minimum Gasteiger partial charge on any atom is -0.339 e. The molecule has 0 unspecified atom stereocenters. The van der Waals surface area contributed by atoms with Crippen molar-refractivity contribution in [2.45, 2.75) is 39.5 Å². The molecule has 1 aliphatic rings. The molecule has 1 aliphatic carbocycles. The monoisotopic (exact) mass is 166 g/mol. The smallest absolute Gasteiger partial charge is 0.227 e. The van der Waals surface area contributed by atoms with Crippen molar-refractivity contribution in [1.29, 1.82) is 0 Å². The highest BCUT2D eigenvalue weighted by Crippen LogP contribution is 2.47. The molecular formula is C9H14N2O. The molecule has 1 fully saturated rings. The lowest BCUT2D eigenvalue weighted by Crippen LogP contribution is -1.99. The van der Waals surface area contributed by atoms with Gasteiger partial charge in [0.25, 0.3) is 0 Å². The maximum Gasteiger partial charge on any atom is 0.227 e. The molecule has 1 saturated carbocycles. The first-order chi connectivity index (χ1) is 5.72. The fraction of sp³-hybridized carbons (Fsp3) is 0.778. The SMILES string of the molecule is CCc1noc(CC2(C)CC2)n1. The third-order valence-electron chi connectivity index (χ3n) is 2.51. The van der Waals surface area contributed by atoms with Gasteiger partial charge in [0.1, 0.15) is 0 Å². The zero-order chi connectivity index (χ0) is 8.60. The van der Waals surface area contributed by atoms with Crippen LogP contribution >= 0.6 is 0 Å². The molecule has 3 heteroatoms. The number of aryl methyl sites for hydroxylation is 1. The van der Waals surface area contributed by atoms with Crippen molar-refractivity contribution >= 4 is 0 Å². The third kappa shape index (κ3) is 1.49. The molecular weight excluding hydrogens is 152 g/mol. The molecule has 3 nitrogen and oxygen atoms in total. The average Bonchev–Trinajstić information content (AvgIpc) is 2.63. The largest absolute Gasteiger partial charge is 0.339 e. The molecule has 0 radical (unpaired) electrons. The fourth-order valence-electron chi connectivity index (χ4n) is 1.26. The van der Waals surface area contributed by atoms with Gasteiger partial charge in [0, 0.05) is 12.8 Å². The number of hydrogen-bond acceptors (Lipinski definition) is 3. The molecule has 0 spiro atoms. The predicted molar refractivity (Wildman–Crippen MR) is 44.7 cm³/mol. The van der Waals surface area contributed by atoms with Crippen LogP contribution in [0, 0.1) is 5.41 Å². The summed E-state index contributed by atoms with van der Waals surface area (Å²) >= 11 is 0. The van der Waals surface area contributed by atoms with Crippen LogP contribution in [0.1, 0.15) is 38.4 Å². The fourth-order valence-corrected chi connectivity index (χ4v) is 1.26. The van der Waals surface area contributed by atoms with E-state index in [0.29, 0.717) is 5.41 Å². The van der Waals surface area contributed by atoms with E-state index in [2.05, 4.69) is 17.1 Å². The molecule has 2 rings (SSSR count). The van der Waals surface area contributed by atoms with Crippen molar-refractivity contribution in [1.82, 2.24) is 10.1 Å². The van der Waals surface area contributed by atoms with E-state index in [0.717, 1.165) is 24.6 Å². The van der Waals surface area contributed by atoms with Crippen LogP contribution in [0.2, 0.25) is 0 Å². The van der Waals surface area contributed by atoms with Crippen molar-refractivity contribution in [3.8, 4) is 0 Å². The molecule has 0 aliphatic heterocycles. The van der Waals surface area contributed by atoms with Crippen molar-refractivity contribution in [2.24, 2.45) is 5.41 Å². The quantitative estimate of drug-likeness (QED) is 0.689. The lowest BCUT2D eigenvalue weighted by Gasteiger charge is -2.00. The molecule has 0 saturated heterocycles. The van der Waals surface area contributed by atoms with Gasteiger partial charge in [-0.2, -0.15) is 4.98 Å². The van der Waals surface area contributed by atoms with Gasteiger partial charge in [0.15, 0.2) is 5.82 Å². The summed E-state index contributed by atoms with van der Waals surface area (Å²) in [5.74, 6) is 1.64. The lowest BCUT2D eigenvalue weighted by atomic mass is 10.1. The van der Waals surface area contributed by atoms with E-state index >= 15 is 0 Å². The summed E-state index contributed by atoms with van der Waals surface area (Å²) in [5.41, 5.74) is 0.470. The van der Waals surface area contributed by atoms with Crippen LogP contribution in [0.3, 0.4) is 0 Å². The van der Waals surface area contributed by atoms with Crippen LogP contribution in [0.25, 0.3) is 0 Å². The molecule has 0 amide bonds. The predicted octanol–water partition coefficient (Wildman–Crippen LogP) is 1.97. The van der Waals surface area contributed by atoms with E-state index in [4.69, 9.17) is 4.52 Å². The van der Waals surface area contributed by atoms with Gasteiger partial charge >= 0.3 is 0 Å². The first kappa shape index (κ1) is 7.77. The van der Waals surface area contributed by atoms with Gasteiger partial charge in [-0.15, -0.1) is 0 Å². The Hall–Kier alpha value is -0.860. The van der Waals surface area contributed by atoms with Crippen molar-refractivity contribution in [3.63, 3.8) is 0 Å². The Morgan fingerprint density at radius 3 is 2.75 bits per heavy atom. The van der Waals surface area contributed by atoms with Crippen LogP contribution in [0.4, 0.5) is 0 Å². The number of hydrogen-bond donors (Lipinski definition) is 0. The van der Waals surface area contributed by atoms with Crippen molar-refractivity contribution in [3.05, 3.63) is 11.7 Å². The number of rotatable bonds is 3. The van der Waals surface area contributed by atoms with Gasteiger partial charge in [0.2, 0.25) is 5.89 Å². The summed E-state index contributed by atoms with van der Waals surface area (Å²) in [6.45, 7) is 4.30. The summed E-state index contributed by atoms with van der Waals surface area (Å²) in [7, 11) is 0. The molecule has 1 aromatic rings. The minimum atomic E-state index is 0.470. The van der Waals surface area contributed by atoms with Gasteiger partial charge in [-0.25, -0.2) is 0 Å². The first-order valence-electron chi connectivity index (χ1n) is 4.53. The number of nitrogens with zero attached hydrogens (tertiary/aromatic N) is 2. The summed E-state index contributed by atoms with van der Waals surface area (Å²) in [6.07, 6.45) is 4.42. The lowest BCUT2D eigenvalue weighted by molar-refractivity contribution is 0.349. The Labute approximate surface area is 72.2 Å². The average molecular weight is 166 g/mol. The van der Waals surface area contributed by atoms with E-state index in [-0.39, 0.29) is 0 Å². The van der Waals surface area contributed by atoms with E-state index in [1.54, 1.807) is 0 Å². The molecule has 1 heterocycles. The zero-order valence-electron chi connectivity index (χ0n) is 7.63. The second-order valence-corrected chi connectivity index (χ2v) is 3.95. The number of aromatic nitrogens is 2. The van der Waals surface area contributed by atoms with Gasteiger partial charge in [-0.1, -0.05) is 19.0 Å². The van der Waals surface area contributed by atoms with E-state index in [1.807, 2.05) is 6.92 Å².